The Hall–Kier alpha value is -1.61. The molecule has 0 aliphatic carbocycles. The van der Waals surface area contributed by atoms with Crippen molar-refractivity contribution in [3.8, 4) is 0 Å². The van der Waals surface area contributed by atoms with E-state index in [4.69, 9.17) is 9.05 Å². The topological polar surface area (TPSA) is 47.6 Å². The summed E-state index contributed by atoms with van der Waals surface area (Å²) in [6.07, 6.45) is 0. The molecule has 0 fully saturated rings. The minimum Gasteiger partial charge on any atom is -0.368 e. The summed E-state index contributed by atoms with van der Waals surface area (Å²) in [5.41, 5.74) is 3.98. The van der Waals surface area contributed by atoms with Crippen LogP contribution in [-0.4, -0.2) is 14.2 Å². The van der Waals surface area contributed by atoms with E-state index in [-0.39, 0.29) is 0 Å². The molecular weight excluding hydrogens is 297 g/mol. The molecule has 0 saturated carbocycles. The average molecular weight is 319 g/mol. The summed E-state index contributed by atoms with van der Waals surface area (Å²) < 4.78 is 23.4. The summed E-state index contributed by atoms with van der Waals surface area (Å²) in [6, 6.07) is 15.7. The Balaban J connectivity index is 2.46. The van der Waals surface area contributed by atoms with Crippen molar-refractivity contribution in [1.82, 2.24) is 0 Å². The van der Waals surface area contributed by atoms with Crippen LogP contribution in [0.5, 0.6) is 0 Å². The van der Waals surface area contributed by atoms with Crippen molar-refractivity contribution in [1.29, 1.82) is 0 Å². The van der Waals surface area contributed by atoms with Gasteiger partial charge in [-0.3, -0.25) is 4.57 Å². The van der Waals surface area contributed by atoms with Crippen molar-refractivity contribution in [3.05, 3.63) is 65.2 Å². The molecule has 2 aromatic carbocycles. The van der Waals surface area contributed by atoms with Gasteiger partial charge < -0.3 is 14.4 Å². The fraction of sp³-hybridized carbons (Fsp3) is 0.294. The van der Waals surface area contributed by atoms with Crippen LogP contribution in [0.3, 0.4) is 0 Å². The third-order valence-corrected chi connectivity index (χ3v) is 5.70. The Labute approximate surface area is 132 Å². The lowest BCUT2D eigenvalue weighted by molar-refractivity contribution is 0.268. The highest BCUT2D eigenvalue weighted by molar-refractivity contribution is 7.54. The SMILES string of the molecule is COP(=O)(OC)C(Nc1cc(C)ccc1C)c1ccccc1. The van der Waals surface area contributed by atoms with Crippen LogP contribution >= 0.6 is 7.60 Å². The van der Waals surface area contributed by atoms with Crippen LogP contribution in [-0.2, 0) is 13.6 Å². The van der Waals surface area contributed by atoms with Crippen LogP contribution in [0, 0.1) is 13.8 Å². The highest BCUT2D eigenvalue weighted by atomic mass is 31.2. The van der Waals surface area contributed by atoms with Crippen molar-refractivity contribution >= 4 is 13.3 Å². The lowest BCUT2D eigenvalue weighted by Gasteiger charge is -2.27. The van der Waals surface area contributed by atoms with E-state index < -0.39 is 13.4 Å². The standard InChI is InChI=1S/C17H22NO3P/c1-13-10-11-14(2)16(12-13)18-17(22(19,20-3)21-4)15-8-6-5-7-9-15/h5-12,17-18H,1-4H3. The van der Waals surface area contributed by atoms with Gasteiger partial charge in [-0.2, -0.15) is 0 Å². The van der Waals surface area contributed by atoms with Crippen LogP contribution in [0.4, 0.5) is 5.69 Å². The summed E-state index contributed by atoms with van der Waals surface area (Å²) in [6.45, 7) is 4.03. The molecule has 0 amide bonds. The Morgan fingerprint density at radius 1 is 1.00 bits per heavy atom. The normalized spacial score (nSPS) is 12.9. The molecule has 4 nitrogen and oxygen atoms in total. The number of anilines is 1. The Bertz CT molecular complexity index is 665. The summed E-state index contributed by atoms with van der Waals surface area (Å²) in [5, 5.41) is 3.33. The van der Waals surface area contributed by atoms with E-state index in [1.807, 2.05) is 62.4 Å². The van der Waals surface area contributed by atoms with Gasteiger partial charge in [-0.15, -0.1) is 0 Å². The Morgan fingerprint density at radius 3 is 2.23 bits per heavy atom. The van der Waals surface area contributed by atoms with Crippen molar-refractivity contribution in [3.63, 3.8) is 0 Å². The second-order valence-corrected chi connectivity index (χ2v) is 7.51. The predicted molar refractivity (Wildman–Crippen MR) is 90.3 cm³/mol. The molecule has 2 aromatic rings. The quantitative estimate of drug-likeness (QED) is 0.769. The maximum Gasteiger partial charge on any atom is 0.356 e. The van der Waals surface area contributed by atoms with E-state index in [9.17, 15) is 4.57 Å². The molecule has 5 heteroatoms. The summed E-state index contributed by atoms with van der Waals surface area (Å²) in [4.78, 5) is 0. The molecule has 0 radical (unpaired) electrons. The molecule has 0 aromatic heterocycles. The average Bonchev–Trinajstić information content (AvgIpc) is 2.55. The molecule has 0 aliphatic heterocycles. The molecule has 0 heterocycles. The van der Waals surface area contributed by atoms with Crippen LogP contribution < -0.4 is 5.32 Å². The molecule has 0 spiro atoms. The number of hydrogen-bond donors (Lipinski definition) is 1. The number of aryl methyl sites for hydroxylation is 2. The molecule has 0 saturated heterocycles. The second kappa shape index (κ2) is 7.10. The van der Waals surface area contributed by atoms with Gasteiger partial charge in [0.2, 0.25) is 0 Å². The zero-order chi connectivity index (χ0) is 16.2. The van der Waals surface area contributed by atoms with Crippen LogP contribution in [0.25, 0.3) is 0 Å². The van der Waals surface area contributed by atoms with Gasteiger partial charge in [0.1, 0.15) is 0 Å². The summed E-state index contributed by atoms with van der Waals surface area (Å²) in [7, 11) is -0.509. The largest absolute Gasteiger partial charge is 0.368 e. The van der Waals surface area contributed by atoms with Crippen molar-refractivity contribution < 1.29 is 13.6 Å². The van der Waals surface area contributed by atoms with E-state index in [2.05, 4.69) is 5.32 Å². The first-order valence-corrected chi connectivity index (χ1v) is 8.71. The zero-order valence-electron chi connectivity index (χ0n) is 13.4. The number of nitrogens with one attached hydrogen (secondary N) is 1. The maximum atomic E-state index is 12.9. The smallest absolute Gasteiger partial charge is 0.356 e. The maximum absolute atomic E-state index is 12.9. The molecule has 0 aliphatic rings. The van der Waals surface area contributed by atoms with Gasteiger partial charge in [0.15, 0.2) is 5.78 Å². The van der Waals surface area contributed by atoms with Crippen molar-refractivity contribution in [2.75, 3.05) is 19.5 Å². The van der Waals surface area contributed by atoms with Gasteiger partial charge in [-0.25, -0.2) is 0 Å². The molecule has 1 N–H and O–H groups in total. The Morgan fingerprint density at radius 2 is 1.64 bits per heavy atom. The van der Waals surface area contributed by atoms with Gasteiger partial charge in [0, 0.05) is 19.9 Å². The van der Waals surface area contributed by atoms with E-state index in [1.54, 1.807) is 0 Å². The van der Waals surface area contributed by atoms with E-state index >= 15 is 0 Å². The number of hydrogen-bond acceptors (Lipinski definition) is 4. The summed E-state index contributed by atoms with van der Waals surface area (Å²) >= 11 is 0. The first-order valence-electron chi connectivity index (χ1n) is 7.10. The molecule has 2 rings (SSSR count). The molecule has 22 heavy (non-hydrogen) atoms. The molecular formula is C17H22NO3P. The highest BCUT2D eigenvalue weighted by Gasteiger charge is 2.35. The lowest BCUT2D eigenvalue weighted by atomic mass is 10.1. The zero-order valence-corrected chi connectivity index (χ0v) is 14.3. The monoisotopic (exact) mass is 319 g/mol. The molecule has 0 bridgehead atoms. The van der Waals surface area contributed by atoms with Gasteiger partial charge >= 0.3 is 7.60 Å². The fourth-order valence-electron chi connectivity index (χ4n) is 2.30. The van der Waals surface area contributed by atoms with E-state index in [0.29, 0.717) is 0 Å². The number of benzene rings is 2. The lowest BCUT2D eigenvalue weighted by Crippen LogP contribution is -2.14. The van der Waals surface area contributed by atoms with Gasteiger partial charge in [0.05, 0.1) is 0 Å². The minimum atomic E-state index is -3.32. The van der Waals surface area contributed by atoms with E-state index in [1.165, 1.54) is 14.2 Å². The first kappa shape index (κ1) is 16.8. The second-order valence-electron chi connectivity index (χ2n) is 5.18. The minimum absolute atomic E-state index is 0.566. The van der Waals surface area contributed by atoms with Gasteiger partial charge in [-0.05, 0) is 36.6 Å². The van der Waals surface area contributed by atoms with Crippen LogP contribution in [0.15, 0.2) is 48.5 Å². The third kappa shape index (κ3) is 3.58. The van der Waals surface area contributed by atoms with Crippen molar-refractivity contribution in [2.24, 2.45) is 0 Å². The van der Waals surface area contributed by atoms with Crippen LogP contribution in [0.1, 0.15) is 22.5 Å². The summed E-state index contributed by atoms with van der Waals surface area (Å²) in [5.74, 6) is -0.566. The van der Waals surface area contributed by atoms with Gasteiger partial charge in [-0.1, -0.05) is 42.5 Å². The fourth-order valence-corrected chi connectivity index (χ4v) is 3.71. The van der Waals surface area contributed by atoms with Crippen molar-refractivity contribution in [2.45, 2.75) is 19.6 Å². The first-order chi connectivity index (χ1) is 10.5. The van der Waals surface area contributed by atoms with Gasteiger partial charge in [0.25, 0.3) is 0 Å². The molecule has 1 unspecified atom stereocenters. The Kier molecular flexibility index (Phi) is 5.41. The van der Waals surface area contributed by atoms with E-state index in [0.717, 1.165) is 22.4 Å². The highest BCUT2D eigenvalue weighted by Crippen LogP contribution is 2.59. The van der Waals surface area contributed by atoms with Crippen LogP contribution in [0.2, 0.25) is 0 Å². The molecule has 1 atom stereocenters. The molecule has 118 valence electrons. The predicted octanol–water partition coefficient (Wildman–Crippen LogP) is 4.90. The third-order valence-electron chi connectivity index (χ3n) is 3.63. The number of rotatable bonds is 6.